The van der Waals surface area contributed by atoms with Crippen molar-refractivity contribution in [2.75, 3.05) is 6.54 Å². The van der Waals surface area contributed by atoms with Crippen molar-refractivity contribution in [3.8, 4) is 6.07 Å². The molecule has 0 aliphatic rings. The molecule has 2 aromatic carbocycles. The molecular formula is C20H21ClN4. The molecule has 0 atom stereocenters. The molecule has 1 N–H and O–H groups in total. The third kappa shape index (κ3) is 5.46. The van der Waals surface area contributed by atoms with Gasteiger partial charge in [0.05, 0.1) is 11.6 Å². The van der Waals surface area contributed by atoms with Gasteiger partial charge in [0.25, 0.3) is 0 Å². The van der Waals surface area contributed by atoms with Crippen LogP contribution in [0.25, 0.3) is 0 Å². The molecule has 0 spiro atoms. The number of benzene rings is 2. The van der Waals surface area contributed by atoms with E-state index >= 15 is 0 Å². The van der Waals surface area contributed by atoms with Crippen molar-refractivity contribution in [2.45, 2.75) is 19.5 Å². The summed E-state index contributed by atoms with van der Waals surface area (Å²) in [5.41, 5.74) is 3.10. The smallest absolute Gasteiger partial charge is 0.110 e. The number of nitrogens with zero attached hydrogens (tertiary/aromatic N) is 3. The van der Waals surface area contributed by atoms with Crippen molar-refractivity contribution in [2.24, 2.45) is 0 Å². The Hall–Kier alpha value is -2.61. The number of nitriles is 1. The highest BCUT2D eigenvalue weighted by molar-refractivity contribution is 5.85. The lowest BCUT2D eigenvalue weighted by atomic mass is 10.1. The van der Waals surface area contributed by atoms with Gasteiger partial charge in [-0.2, -0.15) is 5.26 Å². The van der Waals surface area contributed by atoms with Crippen molar-refractivity contribution in [3.63, 3.8) is 0 Å². The quantitative estimate of drug-likeness (QED) is 0.661. The maximum absolute atomic E-state index is 8.93. The minimum atomic E-state index is 0. The first-order valence-electron chi connectivity index (χ1n) is 8.09. The van der Waals surface area contributed by atoms with Gasteiger partial charge in [-0.05, 0) is 23.3 Å². The summed E-state index contributed by atoms with van der Waals surface area (Å²) in [6.07, 6.45) is 4.76. The van der Waals surface area contributed by atoms with Crippen LogP contribution in [0, 0.1) is 11.3 Å². The Balaban J connectivity index is 0.00000225. The van der Waals surface area contributed by atoms with E-state index in [1.165, 1.54) is 5.56 Å². The number of halogens is 1. The first-order valence-corrected chi connectivity index (χ1v) is 8.09. The van der Waals surface area contributed by atoms with Crippen molar-refractivity contribution in [1.82, 2.24) is 14.9 Å². The lowest BCUT2D eigenvalue weighted by Gasteiger charge is -2.09. The van der Waals surface area contributed by atoms with Gasteiger partial charge in [-0.3, -0.25) is 0 Å². The number of imidazole rings is 1. The molecular weight excluding hydrogens is 332 g/mol. The van der Waals surface area contributed by atoms with Gasteiger partial charge in [-0.15, -0.1) is 12.4 Å². The number of nitrogens with one attached hydrogen (secondary N) is 1. The predicted molar refractivity (Wildman–Crippen MR) is 102 cm³/mol. The second-order valence-electron chi connectivity index (χ2n) is 5.70. The Bertz CT molecular complexity index is 821. The molecule has 128 valence electrons. The van der Waals surface area contributed by atoms with Crippen molar-refractivity contribution in [3.05, 3.63) is 89.5 Å². The summed E-state index contributed by atoms with van der Waals surface area (Å²) in [7, 11) is 0. The fourth-order valence-electron chi connectivity index (χ4n) is 2.68. The molecule has 0 amide bonds. The monoisotopic (exact) mass is 352 g/mol. The van der Waals surface area contributed by atoms with Crippen LogP contribution in [0.3, 0.4) is 0 Å². The van der Waals surface area contributed by atoms with Gasteiger partial charge < -0.3 is 9.88 Å². The summed E-state index contributed by atoms with van der Waals surface area (Å²) in [6.45, 7) is 2.46. The second kappa shape index (κ2) is 9.63. The van der Waals surface area contributed by atoms with Gasteiger partial charge in [0.15, 0.2) is 0 Å². The SMILES string of the molecule is Cl.N#Cc1cccc(CNCCc2nccn2Cc2ccccc2)c1. The minimum absolute atomic E-state index is 0. The Morgan fingerprint density at radius 3 is 2.64 bits per heavy atom. The molecule has 0 bridgehead atoms. The molecule has 25 heavy (non-hydrogen) atoms. The molecule has 3 aromatic rings. The first-order chi connectivity index (χ1) is 11.8. The third-order valence-corrected chi connectivity index (χ3v) is 3.91. The number of aromatic nitrogens is 2. The molecule has 1 aromatic heterocycles. The van der Waals surface area contributed by atoms with Gasteiger partial charge in [-0.25, -0.2) is 4.98 Å². The summed E-state index contributed by atoms with van der Waals surface area (Å²) in [4.78, 5) is 4.46. The fraction of sp³-hybridized carbons (Fsp3) is 0.200. The molecule has 1 heterocycles. The van der Waals surface area contributed by atoms with E-state index in [4.69, 9.17) is 5.26 Å². The molecule has 3 rings (SSSR count). The zero-order valence-corrected chi connectivity index (χ0v) is 14.7. The highest BCUT2D eigenvalue weighted by atomic mass is 35.5. The van der Waals surface area contributed by atoms with Crippen LogP contribution in [0.1, 0.15) is 22.5 Å². The summed E-state index contributed by atoms with van der Waals surface area (Å²) >= 11 is 0. The van der Waals surface area contributed by atoms with E-state index in [2.05, 4.69) is 45.2 Å². The Morgan fingerprint density at radius 2 is 1.84 bits per heavy atom. The van der Waals surface area contributed by atoms with Gasteiger partial charge >= 0.3 is 0 Å². The van der Waals surface area contributed by atoms with Crippen molar-refractivity contribution < 1.29 is 0 Å². The van der Waals surface area contributed by atoms with Crippen molar-refractivity contribution in [1.29, 1.82) is 5.26 Å². The largest absolute Gasteiger partial charge is 0.330 e. The second-order valence-corrected chi connectivity index (χ2v) is 5.70. The molecule has 5 heteroatoms. The molecule has 0 saturated carbocycles. The van der Waals surface area contributed by atoms with Crippen LogP contribution in [0.2, 0.25) is 0 Å². The maximum Gasteiger partial charge on any atom is 0.110 e. The molecule has 0 saturated heterocycles. The van der Waals surface area contributed by atoms with Crippen LogP contribution in [-0.2, 0) is 19.5 Å². The van der Waals surface area contributed by atoms with Crippen LogP contribution in [-0.4, -0.2) is 16.1 Å². The maximum atomic E-state index is 8.93. The topological polar surface area (TPSA) is 53.6 Å². The number of hydrogen-bond donors (Lipinski definition) is 1. The first kappa shape index (κ1) is 18.7. The van der Waals surface area contributed by atoms with Crippen LogP contribution >= 0.6 is 12.4 Å². The summed E-state index contributed by atoms with van der Waals surface area (Å²) in [5.74, 6) is 1.08. The van der Waals surface area contributed by atoms with Gasteiger partial charge in [0.1, 0.15) is 5.82 Å². The van der Waals surface area contributed by atoms with Gasteiger partial charge in [-0.1, -0.05) is 42.5 Å². The molecule has 0 radical (unpaired) electrons. The minimum Gasteiger partial charge on any atom is -0.330 e. The van der Waals surface area contributed by atoms with E-state index in [1.54, 1.807) is 0 Å². The van der Waals surface area contributed by atoms with E-state index in [-0.39, 0.29) is 12.4 Å². The Labute approximate surface area is 154 Å². The van der Waals surface area contributed by atoms with E-state index in [9.17, 15) is 0 Å². The zero-order valence-electron chi connectivity index (χ0n) is 13.9. The lowest BCUT2D eigenvalue weighted by molar-refractivity contribution is 0.641. The zero-order chi connectivity index (χ0) is 16.6. The Kier molecular flexibility index (Phi) is 7.21. The molecule has 4 nitrogen and oxygen atoms in total. The van der Waals surface area contributed by atoms with Crippen LogP contribution in [0.15, 0.2) is 67.0 Å². The highest BCUT2D eigenvalue weighted by Crippen LogP contribution is 2.06. The number of hydrogen-bond acceptors (Lipinski definition) is 3. The van der Waals surface area contributed by atoms with Gasteiger partial charge in [0.2, 0.25) is 0 Å². The standard InChI is InChI=1S/C20H20N4.ClH/c21-14-18-7-4-8-19(13-18)15-22-10-9-20-23-11-12-24(20)16-17-5-2-1-3-6-17;/h1-8,11-13,22H,9-10,15-16H2;1H. The third-order valence-electron chi connectivity index (χ3n) is 3.91. The van der Waals surface area contributed by atoms with E-state index in [0.717, 1.165) is 37.4 Å². The fourth-order valence-corrected chi connectivity index (χ4v) is 2.68. The van der Waals surface area contributed by atoms with Crippen LogP contribution in [0.4, 0.5) is 0 Å². The average molecular weight is 353 g/mol. The van der Waals surface area contributed by atoms with E-state index in [0.29, 0.717) is 5.56 Å². The van der Waals surface area contributed by atoms with Crippen LogP contribution < -0.4 is 5.32 Å². The van der Waals surface area contributed by atoms with Crippen molar-refractivity contribution >= 4 is 12.4 Å². The number of rotatable bonds is 7. The predicted octanol–water partition coefficient (Wildman–Crippen LogP) is 3.56. The molecule has 0 fully saturated rings. The average Bonchev–Trinajstić information content (AvgIpc) is 3.07. The molecule has 0 unspecified atom stereocenters. The molecule has 0 aliphatic heterocycles. The summed E-state index contributed by atoms with van der Waals surface area (Å²) in [5, 5.41) is 12.3. The van der Waals surface area contributed by atoms with Gasteiger partial charge in [0, 0.05) is 38.4 Å². The Morgan fingerprint density at radius 1 is 1.04 bits per heavy atom. The normalized spacial score (nSPS) is 10.0. The summed E-state index contributed by atoms with van der Waals surface area (Å²) < 4.78 is 2.19. The lowest BCUT2D eigenvalue weighted by Crippen LogP contribution is -2.18. The van der Waals surface area contributed by atoms with Crippen LogP contribution in [0.5, 0.6) is 0 Å². The van der Waals surface area contributed by atoms with E-state index < -0.39 is 0 Å². The summed E-state index contributed by atoms with van der Waals surface area (Å²) in [6, 6.07) is 20.3. The molecule has 0 aliphatic carbocycles. The highest BCUT2D eigenvalue weighted by Gasteiger charge is 2.03. The van der Waals surface area contributed by atoms with E-state index in [1.807, 2.05) is 42.7 Å².